The molecule has 2 N–H and O–H groups in total. The van der Waals surface area contributed by atoms with Gasteiger partial charge in [0.15, 0.2) is 0 Å². The van der Waals surface area contributed by atoms with Crippen LogP contribution in [-0.2, 0) is 0 Å². The largest absolute Gasteiger partial charge is 0.354 e. The second-order valence-electron chi connectivity index (χ2n) is 5.61. The zero-order chi connectivity index (χ0) is 14.9. The number of rotatable bonds is 3. The van der Waals surface area contributed by atoms with Gasteiger partial charge < -0.3 is 10.2 Å². The Morgan fingerprint density at radius 2 is 2.00 bits per heavy atom. The number of carbonyl (C=O) groups excluding carboxylic acids is 1. The van der Waals surface area contributed by atoms with E-state index >= 15 is 0 Å². The Hall–Kier alpha value is -1.98. The molecule has 5 heteroatoms. The van der Waals surface area contributed by atoms with Gasteiger partial charge in [0.25, 0.3) is 5.91 Å². The summed E-state index contributed by atoms with van der Waals surface area (Å²) in [5, 5.41) is 2.93. The second-order valence-corrected chi connectivity index (χ2v) is 6.54. The molecule has 2 aromatic rings. The van der Waals surface area contributed by atoms with E-state index in [1.165, 1.54) is 18.5 Å². The topological polar surface area (TPSA) is 44.4 Å². The van der Waals surface area contributed by atoms with Crippen molar-refractivity contribution < 1.29 is 4.79 Å². The van der Waals surface area contributed by atoms with E-state index < -0.39 is 0 Å². The molecule has 2 aliphatic rings. The van der Waals surface area contributed by atoms with Crippen LogP contribution in [0.2, 0.25) is 0 Å². The van der Waals surface area contributed by atoms with Crippen molar-refractivity contribution in [3.63, 3.8) is 0 Å². The van der Waals surface area contributed by atoms with Crippen molar-refractivity contribution in [2.24, 2.45) is 0 Å². The molecule has 1 amide bonds. The number of nitrogens with one attached hydrogen (secondary N) is 2. The highest BCUT2D eigenvalue weighted by Gasteiger charge is 2.32. The summed E-state index contributed by atoms with van der Waals surface area (Å²) in [6, 6.07) is 16.2. The van der Waals surface area contributed by atoms with Crippen molar-refractivity contribution in [3.05, 3.63) is 54.1 Å². The minimum atomic E-state index is -0.0712. The predicted molar refractivity (Wildman–Crippen MR) is 90.2 cm³/mol. The van der Waals surface area contributed by atoms with Gasteiger partial charge >= 0.3 is 0 Å². The molecule has 1 saturated carbocycles. The van der Waals surface area contributed by atoms with Crippen LogP contribution in [0, 0.1) is 0 Å². The number of amides is 1. The van der Waals surface area contributed by atoms with Gasteiger partial charge in [-0.15, -0.1) is 0 Å². The van der Waals surface area contributed by atoms with E-state index in [2.05, 4.69) is 21.0 Å². The number of anilines is 2. The van der Waals surface area contributed by atoms with Crippen molar-refractivity contribution in [1.29, 1.82) is 0 Å². The Morgan fingerprint density at radius 1 is 1.18 bits per heavy atom. The van der Waals surface area contributed by atoms with Crippen LogP contribution in [0.4, 0.5) is 11.4 Å². The first kappa shape index (κ1) is 13.7. The lowest BCUT2D eigenvalue weighted by Gasteiger charge is -2.31. The lowest BCUT2D eigenvalue weighted by atomic mass is 10.1. The third-order valence-electron chi connectivity index (χ3n) is 3.97. The Bertz CT molecular complexity index is 700. The van der Waals surface area contributed by atoms with E-state index in [1.54, 1.807) is 11.9 Å². The third-order valence-corrected chi connectivity index (χ3v) is 4.79. The number of carbonyl (C=O) groups is 1. The Balaban J connectivity index is 1.57. The molecule has 0 saturated heterocycles. The number of para-hydroxylation sites is 1. The lowest BCUT2D eigenvalue weighted by Crippen LogP contribution is -2.36. The van der Waals surface area contributed by atoms with Gasteiger partial charge in [-0.2, -0.15) is 0 Å². The molecule has 0 spiro atoms. The Kier molecular flexibility index (Phi) is 3.52. The van der Waals surface area contributed by atoms with Crippen molar-refractivity contribution in [2.75, 3.05) is 16.9 Å². The summed E-state index contributed by atoms with van der Waals surface area (Å²) in [4.78, 5) is 15.9. The zero-order valence-electron chi connectivity index (χ0n) is 12.1. The molecule has 1 heterocycles. The van der Waals surface area contributed by atoms with Crippen LogP contribution in [0.3, 0.4) is 0 Å². The lowest BCUT2D eigenvalue weighted by molar-refractivity contribution is 0.102. The van der Waals surface area contributed by atoms with E-state index in [-0.39, 0.29) is 5.91 Å². The van der Waals surface area contributed by atoms with Crippen LogP contribution < -0.4 is 14.9 Å². The summed E-state index contributed by atoms with van der Waals surface area (Å²) >= 11 is 1.60. The first-order valence-corrected chi connectivity index (χ1v) is 8.30. The average Bonchev–Trinajstić information content (AvgIpc) is 3.39. The molecule has 0 radical (unpaired) electrons. The standard InChI is InChI=1S/C17H17N3OS/c21-17(19-13-4-2-1-3-5-13)12-6-9-15-16(10-12)22-18-11-20(15)14-7-8-14/h1-6,9-10,14,18H,7-8,11H2,(H,19,21). The number of nitrogens with zero attached hydrogens (tertiary/aromatic N) is 1. The SMILES string of the molecule is O=C(Nc1ccccc1)c1ccc2c(c1)SNCN2C1CC1. The third kappa shape index (κ3) is 2.69. The van der Waals surface area contributed by atoms with E-state index in [9.17, 15) is 4.79 Å². The molecular formula is C17H17N3OS. The van der Waals surface area contributed by atoms with Crippen LogP contribution >= 0.6 is 11.9 Å². The van der Waals surface area contributed by atoms with Gasteiger partial charge in [-0.1, -0.05) is 18.2 Å². The van der Waals surface area contributed by atoms with E-state index in [1.807, 2.05) is 42.5 Å². The minimum absolute atomic E-state index is 0.0712. The van der Waals surface area contributed by atoms with Crippen molar-refractivity contribution in [3.8, 4) is 0 Å². The van der Waals surface area contributed by atoms with Crippen LogP contribution in [-0.4, -0.2) is 18.6 Å². The van der Waals surface area contributed by atoms with Crippen LogP contribution in [0.15, 0.2) is 53.4 Å². The minimum Gasteiger partial charge on any atom is -0.354 e. The van der Waals surface area contributed by atoms with E-state index in [0.717, 1.165) is 17.3 Å². The van der Waals surface area contributed by atoms with Crippen molar-refractivity contribution in [1.82, 2.24) is 4.72 Å². The fourth-order valence-corrected chi connectivity index (χ4v) is 3.51. The van der Waals surface area contributed by atoms with E-state index in [0.29, 0.717) is 11.6 Å². The van der Waals surface area contributed by atoms with Gasteiger partial charge in [0, 0.05) is 22.2 Å². The van der Waals surface area contributed by atoms with Crippen LogP contribution in [0.1, 0.15) is 23.2 Å². The maximum Gasteiger partial charge on any atom is 0.255 e. The van der Waals surface area contributed by atoms with Gasteiger partial charge in [-0.3, -0.25) is 4.79 Å². The molecule has 112 valence electrons. The van der Waals surface area contributed by atoms with Gasteiger partial charge in [0.1, 0.15) is 0 Å². The average molecular weight is 311 g/mol. The van der Waals surface area contributed by atoms with Crippen LogP contribution in [0.5, 0.6) is 0 Å². The van der Waals surface area contributed by atoms with Gasteiger partial charge in [-0.05, 0) is 55.1 Å². The number of benzene rings is 2. The number of hydrogen-bond acceptors (Lipinski definition) is 4. The maximum atomic E-state index is 12.4. The smallest absolute Gasteiger partial charge is 0.255 e. The second kappa shape index (κ2) is 5.66. The highest BCUT2D eigenvalue weighted by Crippen LogP contribution is 2.39. The molecule has 0 bridgehead atoms. The highest BCUT2D eigenvalue weighted by atomic mass is 32.2. The molecule has 0 unspecified atom stereocenters. The fourth-order valence-electron chi connectivity index (χ4n) is 2.68. The number of hydrogen-bond donors (Lipinski definition) is 2. The summed E-state index contributed by atoms with van der Waals surface area (Å²) in [7, 11) is 0. The fraction of sp³-hybridized carbons (Fsp3) is 0.235. The molecule has 0 aromatic heterocycles. The quantitative estimate of drug-likeness (QED) is 0.852. The molecule has 1 aliphatic heterocycles. The molecular weight excluding hydrogens is 294 g/mol. The summed E-state index contributed by atoms with van der Waals surface area (Å²) in [6.45, 7) is 0.873. The molecule has 4 nitrogen and oxygen atoms in total. The molecule has 1 aliphatic carbocycles. The summed E-state index contributed by atoms with van der Waals surface area (Å²) in [6.07, 6.45) is 2.53. The molecule has 22 heavy (non-hydrogen) atoms. The Labute approximate surface area is 134 Å². The maximum absolute atomic E-state index is 12.4. The first-order chi connectivity index (χ1) is 10.8. The van der Waals surface area contributed by atoms with Crippen molar-refractivity contribution >= 4 is 29.2 Å². The van der Waals surface area contributed by atoms with Gasteiger partial charge in [-0.25, -0.2) is 4.72 Å². The van der Waals surface area contributed by atoms with Crippen molar-refractivity contribution in [2.45, 2.75) is 23.8 Å². The predicted octanol–water partition coefficient (Wildman–Crippen LogP) is 3.48. The molecule has 0 atom stereocenters. The summed E-state index contributed by atoms with van der Waals surface area (Å²) in [5.41, 5.74) is 2.74. The van der Waals surface area contributed by atoms with Gasteiger partial charge in [0.2, 0.25) is 0 Å². The summed E-state index contributed by atoms with van der Waals surface area (Å²) < 4.78 is 3.34. The highest BCUT2D eigenvalue weighted by molar-refractivity contribution is 7.97. The first-order valence-electron chi connectivity index (χ1n) is 7.48. The molecule has 4 rings (SSSR count). The monoisotopic (exact) mass is 311 g/mol. The normalized spacial score (nSPS) is 17.0. The molecule has 2 aromatic carbocycles. The van der Waals surface area contributed by atoms with E-state index in [4.69, 9.17) is 0 Å². The Morgan fingerprint density at radius 3 is 2.77 bits per heavy atom. The number of fused-ring (bicyclic) bond motifs is 1. The zero-order valence-corrected chi connectivity index (χ0v) is 12.9. The summed E-state index contributed by atoms with van der Waals surface area (Å²) in [5.74, 6) is -0.0712. The van der Waals surface area contributed by atoms with Gasteiger partial charge in [0.05, 0.1) is 12.4 Å². The molecule has 1 fully saturated rings. The van der Waals surface area contributed by atoms with Crippen LogP contribution in [0.25, 0.3) is 0 Å².